The lowest BCUT2D eigenvalue weighted by Crippen LogP contribution is -2.46. The Kier molecular flexibility index (Phi) is 4.40. The van der Waals surface area contributed by atoms with Crippen LogP contribution in [0.4, 0.5) is 4.39 Å². The summed E-state index contributed by atoms with van der Waals surface area (Å²) in [4.78, 5) is 12.1. The fourth-order valence-corrected chi connectivity index (χ4v) is 2.48. The van der Waals surface area contributed by atoms with Crippen LogP contribution in [-0.4, -0.2) is 46.2 Å². The van der Waals surface area contributed by atoms with Crippen molar-refractivity contribution in [2.75, 3.05) is 19.8 Å². The largest absolute Gasteiger partial charge is 0.388 e. The predicted octanol–water partition coefficient (Wildman–Crippen LogP) is 1.28. The molecule has 0 radical (unpaired) electrons. The van der Waals surface area contributed by atoms with Crippen LogP contribution in [0.2, 0.25) is 0 Å². The highest BCUT2D eigenvalue weighted by Gasteiger charge is 2.30. The highest BCUT2D eigenvalue weighted by Crippen LogP contribution is 2.19. The van der Waals surface area contributed by atoms with E-state index in [1.807, 2.05) is 0 Å². The molecule has 0 aliphatic carbocycles. The molecule has 2 aromatic rings. The number of carbonyl (C=O) groups excluding carboxylic acids is 1. The normalized spacial score (nSPS) is 17.0. The van der Waals surface area contributed by atoms with Crippen molar-refractivity contribution in [3.05, 3.63) is 48.0 Å². The van der Waals surface area contributed by atoms with Crippen LogP contribution in [0.1, 0.15) is 23.3 Å². The summed E-state index contributed by atoms with van der Waals surface area (Å²) in [5, 5.41) is 17.1. The fraction of sp³-hybridized carbons (Fsp3) is 0.375. The molecule has 0 unspecified atom stereocenters. The molecule has 6 nitrogen and oxygen atoms in total. The third-order valence-electron chi connectivity index (χ3n) is 3.92. The van der Waals surface area contributed by atoms with Crippen LogP contribution in [-0.2, 0) is 4.74 Å². The maximum atomic E-state index is 13.7. The van der Waals surface area contributed by atoms with E-state index in [1.54, 1.807) is 18.2 Å². The molecule has 23 heavy (non-hydrogen) atoms. The van der Waals surface area contributed by atoms with E-state index in [0.29, 0.717) is 26.1 Å². The maximum absolute atomic E-state index is 13.7. The molecule has 2 N–H and O–H groups in total. The van der Waals surface area contributed by atoms with Crippen molar-refractivity contribution in [3.63, 3.8) is 0 Å². The number of nitrogens with zero attached hydrogens (tertiary/aromatic N) is 2. The Bertz CT molecular complexity index is 695. The van der Waals surface area contributed by atoms with Gasteiger partial charge in [-0.2, -0.15) is 5.10 Å². The zero-order valence-corrected chi connectivity index (χ0v) is 12.5. The molecule has 1 aliphatic heterocycles. The smallest absolute Gasteiger partial charge is 0.271 e. The summed E-state index contributed by atoms with van der Waals surface area (Å²) in [7, 11) is 0. The summed E-state index contributed by atoms with van der Waals surface area (Å²) in [6, 6.07) is 7.70. The summed E-state index contributed by atoms with van der Waals surface area (Å²) in [6.45, 7) is 1.10. The van der Waals surface area contributed by atoms with E-state index >= 15 is 0 Å². The minimum absolute atomic E-state index is 0.141. The Morgan fingerprint density at radius 1 is 1.35 bits per heavy atom. The van der Waals surface area contributed by atoms with E-state index in [-0.39, 0.29) is 17.9 Å². The summed E-state index contributed by atoms with van der Waals surface area (Å²) >= 11 is 0. The van der Waals surface area contributed by atoms with Crippen molar-refractivity contribution in [1.82, 2.24) is 15.1 Å². The number of rotatable bonds is 4. The van der Waals surface area contributed by atoms with Crippen molar-refractivity contribution >= 4 is 5.91 Å². The number of amides is 1. The predicted molar refractivity (Wildman–Crippen MR) is 80.9 cm³/mol. The molecule has 3 rings (SSSR count). The second kappa shape index (κ2) is 6.47. The number of para-hydroxylation sites is 1. The van der Waals surface area contributed by atoms with Gasteiger partial charge in [0.1, 0.15) is 11.5 Å². The van der Waals surface area contributed by atoms with E-state index in [1.165, 1.54) is 23.0 Å². The summed E-state index contributed by atoms with van der Waals surface area (Å²) in [5.74, 6) is -0.820. The molecule has 2 heterocycles. The summed E-state index contributed by atoms with van der Waals surface area (Å²) in [5.41, 5.74) is -0.499. The summed E-state index contributed by atoms with van der Waals surface area (Å²) < 4.78 is 20.2. The van der Waals surface area contributed by atoms with Crippen molar-refractivity contribution in [3.8, 4) is 5.69 Å². The number of benzene rings is 1. The van der Waals surface area contributed by atoms with Gasteiger partial charge in [0.25, 0.3) is 5.91 Å². The first-order valence-electron chi connectivity index (χ1n) is 7.46. The van der Waals surface area contributed by atoms with E-state index in [9.17, 15) is 14.3 Å². The van der Waals surface area contributed by atoms with Gasteiger partial charge in [0.05, 0.1) is 5.60 Å². The first kappa shape index (κ1) is 15.6. The molecule has 1 saturated heterocycles. The zero-order valence-electron chi connectivity index (χ0n) is 12.5. The van der Waals surface area contributed by atoms with Gasteiger partial charge in [-0.3, -0.25) is 4.79 Å². The van der Waals surface area contributed by atoms with Crippen LogP contribution in [0.15, 0.2) is 36.5 Å². The van der Waals surface area contributed by atoms with Crippen molar-refractivity contribution in [2.24, 2.45) is 0 Å². The molecular formula is C16H18FN3O3. The minimum Gasteiger partial charge on any atom is -0.388 e. The third kappa shape index (κ3) is 3.57. The molecule has 1 amide bonds. The summed E-state index contributed by atoms with van der Waals surface area (Å²) in [6.07, 6.45) is 2.49. The molecular weight excluding hydrogens is 301 g/mol. The minimum atomic E-state index is -0.942. The van der Waals surface area contributed by atoms with E-state index in [2.05, 4.69) is 10.4 Å². The lowest BCUT2D eigenvalue weighted by molar-refractivity contribution is -0.0605. The fourth-order valence-electron chi connectivity index (χ4n) is 2.48. The van der Waals surface area contributed by atoms with Gasteiger partial charge >= 0.3 is 0 Å². The molecule has 0 saturated carbocycles. The number of hydrogen-bond donors (Lipinski definition) is 2. The van der Waals surface area contributed by atoms with Gasteiger partial charge in [-0.15, -0.1) is 0 Å². The molecule has 1 fully saturated rings. The average molecular weight is 319 g/mol. The topological polar surface area (TPSA) is 76.4 Å². The van der Waals surface area contributed by atoms with Crippen LogP contribution in [0.5, 0.6) is 0 Å². The van der Waals surface area contributed by atoms with Gasteiger partial charge in [-0.1, -0.05) is 12.1 Å². The lowest BCUT2D eigenvalue weighted by Gasteiger charge is -2.31. The van der Waals surface area contributed by atoms with Crippen molar-refractivity contribution in [2.45, 2.75) is 18.4 Å². The van der Waals surface area contributed by atoms with Gasteiger partial charge < -0.3 is 15.2 Å². The lowest BCUT2D eigenvalue weighted by atomic mass is 9.94. The van der Waals surface area contributed by atoms with Gasteiger partial charge in [0.2, 0.25) is 0 Å². The number of hydrogen-bond acceptors (Lipinski definition) is 4. The molecule has 1 aliphatic rings. The number of aromatic nitrogens is 2. The number of carbonyl (C=O) groups is 1. The highest BCUT2D eigenvalue weighted by atomic mass is 19.1. The Morgan fingerprint density at radius 2 is 2.09 bits per heavy atom. The quantitative estimate of drug-likeness (QED) is 0.890. The molecule has 1 aromatic carbocycles. The molecule has 122 valence electrons. The van der Waals surface area contributed by atoms with Crippen LogP contribution < -0.4 is 5.32 Å². The molecule has 0 spiro atoms. The number of ether oxygens (including phenoxy) is 1. The van der Waals surface area contributed by atoms with Gasteiger partial charge in [0, 0.05) is 38.8 Å². The van der Waals surface area contributed by atoms with E-state index < -0.39 is 17.3 Å². The highest BCUT2D eigenvalue weighted by molar-refractivity contribution is 5.92. The van der Waals surface area contributed by atoms with Gasteiger partial charge in [-0.05, 0) is 18.2 Å². The SMILES string of the molecule is O=C(NCC1(O)CCOCC1)c1ccn(-c2ccccc2F)n1. The average Bonchev–Trinajstić information content (AvgIpc) is 3.04. The number of halogens is 1. The van der Waals surface area contributed by atoms with E-state index in [4.69, 9.17) is 4.74 Å². The second-order valence-corrected chi connectivity index (χ2v) is 5.62. The first-order chi connectivity index (χ1) is 11.1. The number of nitrogens with one attached hydrogen (secondary N) is 1. The van der Waals surface area contributed by atoms with Gasteiger partial charge in [0.15, 0.2) is 5.69 Å². The Morgan fingerprint density at radius 3 is 2.83 bits per heavy atom. The van der Waals surface area contributed by atoms with Crippen LogP contribution in [0.25, 0.3) is 5.69 Å². The zero-order chi connectivity index (χ0) is 16.3. The Balaban J connectivity index is 1.66. The third-order valence-corrected chi connectivity index (χ3v) is 3.92. The van der Waals surface area contributed by atoms with Crippen LogP contribution in [0, 0.1) is 5.82 Å². The number of aliphatic hydroxyl groups is 1. The Labute approximate surface area is 132 Å². The van der Waals surface area contributed by atoms with E-state index in [0.717, 1.165) is 0 Å². The molecule has 0 atom stereocenters. The van der Waals surface area contributed by atoms with Gasteiger partial charge in [-0.25, -0.2) is 9.07 Å². The van der Waals surface area contributed by atoms with Crippen LogP contribution >= 0.6 is 0 Å². The Hall–Kier alpha value is -2.25. The van der Waals surface area contributed by atoms with Crippen molar-refractivity contribution in [1.29, 1.82) is 0 Å². The maximum Gasteiger partial charge on any atom is 0.271 e. The first-order valence-corrected chi connectivity index (χ1v) is 7.46. The molecule has 0 bridgehead atoms. The van der Waals surface area contributed by atoms with Crippen LogP contribution in [0.3, 0.4) is 0 Å². The monoisotopic (exact) mass is 319 g/mol. The van der Waals surface area contributed by atoms with Crippen molar-refractivity contribution < 1.29 is 19.0 Å². The molecule has 1 aromatic heterocycles. The standard InChI is InChI=1S/C16H18FN3O3/c17-12-3-1-2-4-14(12)20-8-5-13(19-20)15(21)18-11-16(22)6-9-23-10-7-16/h1-5,8,22H,6-7,9-11H2,(H,18,21). The second-order valence-electron chi connectivity index (χ2n) is 5.62. The molecule has 7 heteroatoms.